The van der Waals surface area contributed by atoms with Crippen molar-refractivity contribution in [2.24, 2.45) is 5.92 Å². The second-order valence-corrected chi connectivity index (χ2v) is 9.50. The number of aliphatic hydroxyl groups excluding tert-OH is 1. The van der Waals surface area contributed by atoms with Gasteiger partial charge in [0.1, 0.15) is 0 Å². The molecule has 4 aliphatic rings. The molecule has 2 atom stereocenters. The van der Waals surface area contributed by atoms with Crippen LogP contribution >= 0.6 is 0 Å². The predicted octanol–water partition coefficient (Wildman–Crippen LogP) is 2.03. The van der Waals surface area contributed by atoms with Gasteiger partial charge in [0, 0.05) is 64.2 Å². The third-order valence-electron chi connectivity index (χ3n) is 6.81. The van der Waals surface area contributed by atoms with Crippen LogP contribution < -0.4 is 0 Å². The molecule has 0 amide bonds. The van der Waals surface area contributed by atoms with Gasteiger partial charge >= 0.3 is 0 Å². The molecule has 4 nitrogen and oxygen atoms in total. The first kappa shape index (κ1) is 18.1. The summed E-state index contributed by atoms with van der Waals surface area (Å²) in [7, 11) is 0. The van der Waals surface area contributed by atoms with E-state index in [2.05, 4.69) is 28.5 Å². The summed E-state index contributed by atoms with van der Waals surface area (Å²) in [4.78, 5) is 7.58. The van der Waals surface area contributed by atoms with Crippen molar-refractivity contribution in [2.75, 3.05) is 39.3 Å². The Balaban J connectivity index is 1.42. The molecule has 6 heteroatoms. The molecule has 0 aromatic heterocycles. The molecule has 0 aromatic carbocycles. The molecule has 1 saturated carbocycles. The van der Waals surface area contributed by atoms with Gasteiger partial charge in [-0.15, -0.1) is 0 Å². The zero-order valence-electron chi connectivity index (χ0n) is 15.6. The van der Waals surface area contributed by atoms with Crippen LogP contribution in [-0.2, 0) is 0 Å². The molecule has 144 valence electrons. The highest BCUT2D eigenvalue weighted by atomic mass is 19.3. The van der Waals surface area contributed by atoms with Gasteiger partial charge < -0.3 is 5.11 Å². The molecule has 0 bridgehead atoms. The van der Waals surface area contributed by atoms with E-state index in [0.29, 0.717) is 30.8 Å². The summed E-state index contributed by atoms with van der Waals surface area (Å²) in [5.41, 5.74) is 0.134. The number of halogens is 2. The Bertz CT molecular complexity index is 485. The van der Waals surface area contributed by atoms with E-state index in [9.17, 15) is 13.9 Å². The minimum absolute atomic E-state index is 0.0473. The minimum atomic E-state index is -2.44. The van der Waals surface area contributed by atoms with Gasteiger partial charge in [0.2, 0.25) is 5.92 Å². The number of β-amino-alcohol motifs (C(OH)–C–C–N with tert-alkyl or cyclic N) is 1. The molecule has 0 aromatic rings. The molecule has 3 heterocycles. The lowest BCUT2D eigenvalue weighted by atomic mass is 9.80. The molecular formula is C19H33F2N3O. The Hall–Kier alpha value is -0.300. The summed E-state index contributed by atoms with van der Waals surface area (Å²) in [6.07, 6.45) is 2.03. The lowest BCUT2D eigenvalue weighted by Crippen LogP contribution is -2.79. The van der Waals surface area contributed by atoms with E-state index in [1.54, 1.807) is 0 Å². The number of alkyl halides is 2. The van der Waals surface area contributed by atoms with Crippen molar-refractivity contribution in [1.29, 1.82) is 0 Å². The van der Waals surface area contributed by atoms with Gasteiger partial charge in [-0.05, 0) is 25.2 Å². The smallest absolute Gasteiger partial charge is 0.248 e. The summed E-state index contributed by atoms with van der Waals surface area (Å²) in [5.74, 6) is -1.80. The maximum Gasteiger partial charge on any atom is 0.248 e. The van der Waals surface area contributed by atoms with Gasteiger partial charge in [0.25, 0.3) is 0 Å². The van der Waals surface area contributed by atoms with E-state index < -0.39 is 5.92 Å². The fourth-order valence-electron chi connectivity index (χ4n) is 5.81. The highest BCUT2D eigenvalue weighted by molar-refractivity contribution is 5.14. The normalized spacial score (nSPS) is 36.7. The Morgan fingerprint density at radius 3 is 2.36 bits per heavy atom. The van der Waals surface area contributed by atoms with Gasteiger partial charge in [0.15, 0.2) is 0 Å². The highest BCUT2D eigenvalue weighted by Gasteiger charge is 2.57. The predicted molar refractivity (Wildman–Crippen MR) is 93.9 cm³/mol. The molecule has 1 N–H and O–H groups in total. The zero-order chi connectivity index (χ0) is 17.8. The Morgan fingerprint density at radius 2 is 1.72 bits per heavy atom. The molecule has 1 spiro atoms. The van der Waals surface area contributed by atoms with Crippen molar-refractivity contribution in [1.82, 2.24) is 14.7 Å². The van der Waals surface area contributed by atoms with Crippen molar-refractivity contribution < 1.29 is 13.9 Å². The van der Waals surface area contributed by atoms with Crippen molar-refractivity contribution in [3.8, 4) is 0 Å². The van der Waals surface area contributed by atoms with E-state index in [1.165, 1.54) is 0 Å². The first-order valence-electron chi connectivity index (χ1n) is 10.1. The fraction of sp³-hybridized carbons (Fsp3) is 1.00. The topological polar surface area (TPSA) is 30.0 Å². The molecule has 0 radical (unpaired) electrons. The van der Waals surface area contributed by atoms with Crippen LogP contribution in [0.2, 0.25) is 0 Å². The van der Waals surface area contributed by atoms with Crippen molar-refractivity contribution in [2.45, 2.75) is 75.6 Å². The standard InChI is InChI=1S/C19H33F2N3O/c1-14(2)8-22-9-16-7-17(25)10-24(16)18(11-22)12-23(13-18)15-3-5-19(20,21)6-4-15/h14-17,25H,3-13H2,1-2H3. The van der Waals surface area contributed by atoms with Crippen LogP contribution in [0.1, 0.15) is 46.0 Å². The zero-order valence-corrected chi connectivity index (χ0v) is 15.6. The van der Waals surface area contributed by atoms with E-state index in [0.717, 1.165) is 45.7 Å². The SMILES string of the molecule is CC(C)CN1CC2CC(O)CN2C2(C1)CN(C1CCC(F)(F)CC1)C2. The first-order chi connectivity index (χ1) is 11.8. The molecule has 1 aliphatic carbocycles. The quantitative estimate of drug-likeness (QED) is 0.837. The van der Waals surface area contributed by atoms with E-state index in [-0.39, 0.29) is 24.5 Å². The van der Waals surface area contributed by atoms with Crippen LogP contribution in [0, 0.1) is 5.92 Å². The number of likely N-dealkylation sites (tertiary alicyclic amines) is 1. The lowest BCUT2D eigenvalue weighted by Gasteiger charge is -2.63. The summed E-state index contributed by atoms with van der Waals surface area (Å²) >= 11 is 0. The third-order valence-corrected chi connectivity index (χ3v) is 6.81. The van der Waals surface area contributed by atoms with Gasteiger partial charge in [-0.1, -0.05) is 13.8 Å². The highest BCUT2D eigenvalue weighted by Crippen LogP contribution is 2.43. The average molecular weight is 357 g/mol. The van der Waals surface area contributed by atoms with Crippen molar-refractivity contribution in [3.05, 3.63) is 0 Å². The number of fused-ring (bicyclic) bond motifs is 2. The lowest BCUT2D eigenvalue weighted by molar-refractivity contribution is -0.141. The Labute approximate surface area is 150 Å². The second-order valence-electron chi connectivity index (χ2n) is 9.50. The number of aliphatic hydroxyl groups is 1. The van der Waals surface area contributed by atoms with Crippen LogP contribution in [0.15, 0.2) is 0 Å². The van der Waals surface area contributed by atoms with Gasteiger partial charge in [-0.25, -0.2) is 8.78 Å². The number of rotatable bonds is 3. The van der Waals surface area contributed by atoms with E-state index in [4.69, 9.17) is 0 Å². The molecule has 4 rings (SSSR count). The van der Waals surface area contributed by atoms with Gasteiger partial charge in [0.05, 0.1) is 11.6 Å². The van der Waals surface area contributed by atoms with Crippen LogP contribution in [-0.4, -0.2) is 88.7 Å². The molecular weight excluding hydrogens is 324 g/mol. The number of hydrogen-bond donors (Lipinski definition) is 1. The van der Waals surface area contributed by atoms with Crippen LogP contribution in [0.3, 0.4) is 0 Å². The van der Waals surface area contributed by atoms with E-state index >= 15 is 0 Å². The van der Waals surface area contributed by atoms with Crippen LogP contribution in [0.4, 0.5) is 8.78 Å². The average Bonchev–Trinajstić information content (AvgIpc) is 2.84. The molecule has 25 heavy (non-hydrogen) atoms. The summed E-state index contributed by atoms with van der Waals surface area (Å²) in [6, 6.07) is 0.789. The summed E-state index contributed by atoms with van der Waals surface area (Å²) in [6.45, 7) is 10.5. The van der Waals surface area contributed by atoms with Crippen molar-refractivity contribution in [3.63, 3.8) is 0 Å². The Morgan fingerprint density at radius 1 is 1.04 bits per heavy atom. The van der Waals surface area contributed by atoms with Crippen LogP contribution in [0.25, 0.3) is 0 Å². The van der Waals surface area contributed by atoms with Gasteiger partial charge in [-0.3, -0.25) is 14.7 Å². The van der Waals surface area contributed by atoms with Gasteiger partial charge in [-0.2, -0.15) is 0 Å². The number of hydrogen-bond acceptors (Lipinski definition) is 4. The van der Waals surface area contributed by atoms with E-state index in [1.807, 2.05) is 0 Å². The largest absolute Gasteiger partial charge is 0.392 e. The monoisotopic (exact) mass is 357 g/mol. The third kappa shape index (κ3) is 3.47. The second kappa shape index (κ2) is 6.39. The van der Waals surface area contributed by atoms with Crippen molar-refractivity contribution >= 4 is 0 Å². The first-order valence-corrected chi connectivity index (χ1v) is 10.1. The number of nitrogens with zero attached hydrogens (tertiary/aromatic N) is 3. The minimum Gasteiger partial charge on any atom is -0.392 e. The maximum atomic E-state index is 13.4. The maximum absolute atomic E-state index is 13.4. The molecule has 3 aliphatic heterocycles. The fourth-order valence-corrected chi connectivity index (χ4v) is 5.81. The molecule has 3 saturated heterocycles. The van der Waals surface area contributed by atoms with Crippen LogP contribution in [0.5, 0.6) is 0 Å². The summed E-state index contributed by atoms with van der Waals surface area (Å²) < 4.78 is 26.9. The number of piperazine rings is 1. The Kier molecular flexibility index (Phi) is 4.63. The summed E-state index contributed by atoms with van der Waals surface area (Å²) in [5, 5.41) is 10.2. The molecule has 2 unspecified atom stereocenters. The molecule has 4 fully saturated rings.